The summed E-state index contributed by atoms with van der Waals surface area (Å²) in [5.41, 5.74) is 1.01. The normalized spacial score (nSPS) is 47.6. The Kier molecular flexibility index (Phi) is 2.26. The van der Waals surface area contributed by atoms with Crippen molar-refractivity contribution >= 4 is 0 Å². The van der Waals surface area contributed by atoms with Crippen LogP contribution < -0.4 is 0 Å². The molecule has 0 amide bonds. The van der Waals surface area contributed by atoms with Crippen LogP contribution in [0.15, 0.2) is 24.3 Å². The molecule has 0 radical (unpaired) electrons. The van der Waals surface area contributed by atoms with E-state index in [1.165, 1.54) is 18.4 Å². The minimum Gasteiger partial charge on any atom is -0.390 e. The third kappa shape index (κ3) is 1.56. The monoisotopic (exact) mass is 260 g/mol. The second-order valence-corrected chi connectivity index (χ2v) is 7.36. The van der Waals surface area contributed by atoms with Crippen LogP contribution in [0.2, 0.25) is 0 Å². The lowest BCUT2D eigenvalue weighted by Gasteiger charge is -2.63. The van der Waals surface area contributed by atoms with Gasteiger partial charge in [0.15, 0.2) is 0 Å². The second kappa shape index (κ2) is 3.60. The Balaban J connectivity index is 1.77. The zero-order valence-corrected chi connectivity index (χ0v) is 11.4. The van der Waals surface area contributed by atoms with E-state index < -0.39 is 5.60 Å². The molecule has 1 nitrogen and oxygen atoms in total. The molecule has 0 saturated heterocycles. The maximum atomic E-state index is 13.2. The average molecular weight is 260 g/mol. The van der Waals surface area contributed by atoms with E-state index in [9.17, 15) is 9.50 Å². The highest BCUT2D eigenvalue weighted by atomic mass is 19.1. The fourth-order valence-electron chi connectivity index (χ4n) is 5.47. The quantitative estimate of drug-likeness (QED) is 0.817. The van der Waals surface area contributed by atoms with Gasteiger partial charge in [0.1, 0.15) is 5.82 Å². The van der Waals surface area contributed by atoms with Crippen LogP contribution >= 0.6 is 0 Å². The maximum absolute atomic E-state index is 13.2. The lowest BCUT2D eigenvalue weighted by Crippen LogP contribution is -2.60. The van der Waals surface area contributed by atoms with E-state index in [4.69, 9.17) is 0 Å². The van der Waals surface area contributed by atoms with Gasteiger partial charge in [-0.15, -0.1) is 0 Å². The number of rotatable bonds is 1. The van der Waals surface area contributed by atoms with Gasteiger partial charge in [0.05, 0.1) is 5.60 Å². The Morgan fingerprint density at radius 1 is 1.05 bits per heavy atom. The highest BCUT2D eigenvalue weighted by Crippen LogP contribution is 2.63. The molecule has 0 aromatic heterocycles. The largest absolute Gasteiger partial charge is 0.390 e. The number of halogens is 1. The third-order valence-corrected chi connectivity index (χ3v) is 6.32. The van der Waals surface area contributed by atoms with Crippen molar-refractivity contribution in [2.45, 2.75) is 50.0 Å². The molecule has 19 heavy (non-hydrogen) atoms. The molecule has 4 fully saturated rings. The highest BCUT2D eigenvalue weighted by Gasteiger charge is 2.60. The molecule has 4 aliphatic carbocycles. The summed E-state index contributed by atoms with van der Waals surface area (Å²) in [5.74, 6) is 1.69. The summed E-state index contributed by atoms with van der Waals surface area (Å²) in [6.45, 7) is 2.34. The molecule has 0 spiro atoms. The SMILES string of the molecule is C[C@]1(c2ccc(F)cc2)C2CC3CC1C[C@](O)(C3)C2. The van der Waals surface area contributed by atoms with Crippen molar-refractivity contribution in [3.05, 3.63) is 35.6 Å². The van der Waals surface area contributed by atoms with Crippen LogP contribution in [0.3, 0.4) is 0 Å². The second-order valence-electron chi connectivity index (χ2n) is 7.36. The maximum Gasteiger partial charge on any atom is 0.123 e. The Morgan fingerprint density at radius 2 is 1.63 bits per heavy atom. The Bertz CT molecular complexity index is 490. The van der Waals surface area contributed by atoms with Crippen LogP contribution in [0, 0.1) is 23.6 Å². The smallest absolute Gasteiger partial charge is 0.123 e. The van der Waals surface area contributed by atoms with Crippen LogP contribution in [0.4, 0.5) is 4.39 Å². The van der Waals surface area contributed by atoms with Crippen molar-refractivity contribution in [3.63, 3.8) is 0 Å². The fourth-order valence-corrected chi connectivity index (χ4v) is 5.47. The molecule has 4 saturated carbocycles. The van der Waals surface area contributed by atoms with Gasteiger partial charge in [-0.05, 0) is 73.0 Å². The van der Waals surface area contributed by atoms with Crippen LogP contribution in [0.5, 0.6) is 0 Å². The van der Waals surface area contributed by atoms with Crippen molar-refractivity contribution in [2.75, 3.05) is 0 Å². The summed E-state index contributed by atoms with van der Waals surface area (Å²) in [6, 6.07) is 7.09. The van der Waals surface area contributed by atoms with Gasteiger partial charge in [0, 0.05) is 0 Å². The van der Waals surface area contributed by atoms with Crippen LogP contribution in [-0.2, 0) is 5.41 Å². The molecule has 2 heteroatoms. The molecule has 4 aliphatic rings. The number of benzene rings is 1. The number of aliphatic hydroxyl groups is 1. The number of hydrogen-bond donors (Lipinski definition) is 1. The third-order valence-electron chi connectivity index (χ3n) is 6.32. The van der Waals surface area contributed by atoms with Gasteiger partial charge in [0.2, 0.25) is 0 Å². The Hall–Kier alpha value is -0.890. The lowest BCUT2D eigenvalue weighted by atomic mass is 9.43. The van der Waals surface area contributed by atoms with E-state index in [-0.39, 0.29) is 11.2 Å². The van der Waals surface area contributed by atoms with Gasteiger partial charge in [0.25, 0.3) is 0 Å². The first-order valence-corrected chi connectivity index (χ1v) is 7.48. The molecule has 102 valence electrons. The molecular formula is C17H21FO. The van der Waals surface area contributed by atoms with Crippen LogP contribution in [0.1, 0.15) is 44.6 Å². The summed E-state index contributed by atoms with van der Waals surface area (Å²) < 4.78 is 13.2. The van der Waals surface area contributed by atoms with Crippen molar-refractivity contribution in [1.29, 1.82) is 0 Å². The first-order valence-electron chi connectivity index (χ1n) is 7.48. The zero-order valence-electron chi connectivity index (χ0n) is 11.4. The van der Waals surface area contributed by atoms with Crippen molar-refractivity contribution in [1.82, 2.24) is 0 Å². The van der Waals surface area contributed by atoms with E-state index in [0.717, 1.165) is 25.2 Å². The highest BCUT2D eigenvalue weighted by molar-refractivity contribution is 5.31. The van der Waals surface area contributed by atoms with Gasteiger partial charge in [-0.3, -0.25) is 0 Å². The summed E-state index contributed by atoms with van der Waals surface area (Å²) in [6.07, 6.45) is 5.38. The zero-order chi connectivity index (χ0) is 13.3. The molecule has 1 aromatic rings. The minimum absolute atomic E-state index is 0.136. The molecule has 5 rings (SSSR count). The molecular weight excluding hydrogens is 239 g/mol. The lowest BCUT2D eigenvalue weighted by molar-refractivity contribution is -0.160. The van der Waals surface area contributed by atoms with Crippen molar-refractivity contribution in [2.24, 2.45) is 17.8 Å². The topological polar surface area (TPSA) is 20.2 Å². The van der Waals surface area contributed by atoms with Crippen molar-refractivity contribution in [3.8, 4) is 0 Å². The molecule has 1 aromatic carbocycles. The molecule has 2 unspecified atom stereocenters. The van der Waals surface area contributed by atoms with Crippen LogP contribution in [-0.4, -0.2) is 10.7 Å². The van der Waals surface area contributed by atoms with E-state index in [0.29, 0.717) is 11.8 Å². The predicted molar refractivity (Wildman–Crippen MR) is 72.3 cm³/mol. The van der Waals surface area contributed by atoms with Gasteiger partial charge in [-0.25, -0.2) is 4.39 Å². The molecule has 0 aliphatic heterocycles. The standard InChI is InChI=1S/C17H21FO/c1-16(12-2-4-15(18)5-3-12)13-6-11-7-14(16)10-17(19,8-11)9-13/h2-5,11,13-14,19H,6-10H2,1H3/t11?,13?,14?,16-,17-. The summed E-state index contributed by atoms with van der Waals surface area (Å²) in [5, 5.41) is 10.7. The molecule has 0 heterocycles. The molecule has 1 N–H and O–H groups in total. The fraction of sp³-hybridized carbons (Fsp3) is 0.647. The van der Waals surface area contributed by atoms with E-state index >= 15 is 0 Å². The van der Waals surface area contributed by atoms with Gasteiger partial charge in [-0.2, -0.15) is 0 Å². The van der Waals surface area contributed by atoms with Gasteiger partial charge in [-0.1, -0.05) is 19.1 Å². The Morgan fingerprint density at radius 3 is 2.16 bits per heavy atom. The van der Waals surface area contributed by atoms with Crippen LogP contribution in [0.25, 0.3) is 0 Å². The molecule has 2 atom stereocenters. The minimum atomic E-state index is -0.393. The first-order chi connectivity index (χ1) is 8.99. The van der Waals surface area contributed by atoms with Crippen molar-refractivity contribution < 1.29 is 9.50 Å². The van der Waals surface area contributed by atoms with Gasteiger partial charge >= 0.3 is 0 Å². The average Bonchev–Trinajstić information content (AvgIpc) is 2.34. The summed E-state index contributed by atoms with van der Waals surface area (Å²) in [7, 11) is 0. The first kappa shape index (κ1) is 11.9. The van der Waals surface area contributed by atoms with E-state index in [1.54, 1.807) is 12.1 Å². The van der Waals surface area contributed by atoms with E-state index in [2.05, 4.69) is 6.92 Å². The number of hydrogen-bond acceptors (Lipinski definition) is 1. The Labute approximate surface area is 113 Å². The summed E-state index contributed by atoms with van der Waals surface area (Å²) >= 11 is 0. The van der Waals surface area contributed by atoms with E-state index in [1.807, 2.05) is 12.1 Å². The predicted octanol–water partition coefficient (Wildman–Crippen LogP) is 3.65. The van der Waals surface area contributed by atoms with Gasteiger partial charge < -0.3 is 5.11 Å². The molecule has 4 bridgehead atoms. The summed E-state index contributed by atoms with van der Waals surface area (Å²) in [4.78, 5) is 0.